The molecule has 1 aromatic carbocycles. The van der Waals surface area contributed by atoms with Crippen molar-refractivity contribution in [3.63, 3.8) is 0 Å². The number of carbonyl (C=O) groups is 1. The van der Waals surface area contributed by atoms with Gasteiger partial charge in [-0.3, -0.25) is 9.78 Å². The summed E-state index contributed by atoms with van der Waals surface area (Å²) in [4.78, 5) is 16.2. The molecule has 0 fully saturated rings. The van der Waals surface area contributed by atoms with Gasteiger partial charge in [-0.2, -0.15) is 0 Å². The molecule has 5 nitrogen and oxygen atoms in total. The molecule has 0 spiro atoms. The van der Waals surface area contributed by atoms with E-state index in [9.17, 15) is 4.79 Å². The molecule has 0 aliphatic carbocycles. The summed E-state index contributed by atoms with van der Waals surface area (Å²) in [5.74, 6) is 0.400. The first-order valence-corrected chi connectivity index (χ1v) is 6.78. The summed E-state index contributed by atoms with van der Waals surface area (Å²) in [5, 5.41) is 2.81. The van der Waals surface area contributed by atoms with Gasteiger partial charge in [0.15, 0.2) is 6.10 Å². The average molecular weight is 285 g/mol. The second-order valence-corrected chi connectivity index (χ2v) is 4.74. The van der Waals surface area contributed by atoms with Gasteiger partial charge in [0.05, 0.1) is 5.69 Å². The third-order valence-corrected chi connectivity index (χ3v) is 3.09. The molecule has 0 radical (unpaired) electrons. The zero-order valence-corrected chi connectivity index (χ0v) is 12.2. The van der Waals surface area contributed by atoms with E-state index < -0.39 is 6.10 Å². The SMILES string of the molecule is Cc1ncccc1OC(C)C(=O)Nc1ccc(CN)cc1. The van der Waals surface area contributed by atoms with Gasteiger partial charge < -0.3 is 15.8 Å². The molecule has 110 valence electrons. The second-order valence-electron chi connectivity index (χ2n) is 4.74. The fraction of sp³-hybridized carbons (Fsp3) is 0.250. The number of hydrogen-bond acceptors (Lipinski definition) is 4. The van der Waals surface area contributed by atoms with Gasteiger partial charge in [0.1, 0.15) is 5.75 Å². The molecule has 1 aromatic heterocycles. The van der Waals surface area contributed by atoms with Crippen molar-refractivity contribution in [1.29, 1.82) is 0 Å². The highest BCUT2D eigenvalue weighted by Gasteiger charge is 2.15. The van der Waals surface area contributed by atoms with Gasteiger partial charge in [0.25, 0.3) is 5.91 Å². The highest BCUT2D eigenvalue weighted by atomic mass is 16.5. The number of pyridine rings is 1. The predicted molar refractivity (Wildman–Crippen MR) is 82.0 cm³/mol. The van der Waals surface area contributed by atoms with Crippen molar-refractivity contribution in [3.8, 4) is 5.75 Å². The van der Waals surface area contributed by atoms with Gasteiger partial charge >= 0.3 is 0 Å². The van der Waals surface area contributed by atoms with Crippen molar-refractivity contribution in [2.24, 2.45) is 5.73 Å². The topological polar surface area (TPSA) is 77.2 Å². The van der Waals surface area contributed by atoms with Crippen molar-refractivity contribution < 1.29 is 9.53 Å². The maximum atomic E-state index is 12.1. The van der Waals surface area contributed by atoms with E-state index in [4.69, 9.17) is 10.5 Å². The average Bonchev–Trinajstić information content (AvgIpc) is 2.50. The number of amides is 1. The maximum absolute atomic E-state index is 12.1. The number of hydrogen-bond donors (Lipinski definition) is 2. The van der Waals surface area contributed by atoms with Crippen LogP contribution in [0, 0.1) is 6.92 Å². The fourth-order valence-electron chi connectivity index (χ4n) is 1.81. The van der Waals surface area contributed by atoms with E-state index in [0.29, 0.717) is 12.3 Å². The first-order chi connectivity index (χ1) is 10.1. The lowest BCUT2D eigenvalue weighted by Crippen LogP contribution is -2.30. The third kappa shape index (κ3) is 4.03. The third-order valence-electron chi connectivity index (χ3n) is 3.09. The molecule has 0 saturated heterocycles. The van der Waals surface area contributed by atoms with Crippen LogP contribution in [0.2, 0.25) is 0 Å². The number of rotatable bonds is 5. The summed E-state index contributed by atoms with van der Waals surface area (Å²) in [6.45, 7) is 4.02. The minimum Gasteiger partial charge on any atom is -0.479 e. The molecule has 1 atom stereocenters. The molecule has 1 amide bonds. The number of benzene rings is 1. The summed E-state index contributed by atoms with van der Waals surface area (Å²) >= 11 is 0. The van der Waals surface area contributed by atoms with Crippen LogP contribution < -0.4 is 15.8 Å². The smallest absolute Gasteiger partial charge is 0.265 e. The van der Waals surface area contributed by atoms with Crippen LogP contribution in [-0.4, -0.2) is 17.0 Å². The van der Waals surface area contributed by atoms with Crippen molar-refractivity contribution in [2.45, 2.75) is 26.5 Å². The largest absolute Gasteiger partial charge is 0.479 e. The Balaban J connectivity index is 1.97. The Hall–Kier alpha value is -2.40. The number of nitrogens with zero attached hydrogens (tertiary/aromatic N) is 1. The van der Waals surface area contributed by atoms with Crippen LogP contribution in [-0.2, 0) is 11.3 Å². The van der Waals surface area contributed by atoms with E-state index in [1.54, 1.807) is 25.3 Å². The number of nitrogens with one attached hydrogen (secondary N) is 1. The maximum Gasteiger partial charge on any atom is 0.265 e. The summed E-state index contributed by atoms with van der Waals surface area (Å²) in [6, 6.07) is 11.0. The van der Waals surface area contributed by atoms with E-state index in [0.717, 1.165) is 16.9 Å². The minimum atomic E-state index is -0.609. The molecule has 3 N–H and O–H groups in total. The van der Waals surface area contributed by atoms with E-state index in [1.807, 2.05) is 31.2 Å². The molecule has 0 aliphatic rings. The Bertz CT molecular complexity index is 611. The molecule has 1 unspecified atom stereocenters. The van der Waals surface area contributed by atoms with Crippen LogP contribution in [0.5, 0.6) is 5.75 Å². The molecule has 0 saturated carbocycles. The highest BCUT2D eigenvalue weighted by Crippen LogP contribution is 2.16. The fourth-order valence-corrected chi connectivity index (χ4v) is 1.81. The van der Waals surface area contributed by atoms with E-state index in [2.05, 4.69) is 10.3 Å². The zero-order valence-electron chi connectivity index (χ0n) is 12.2. The van der Waals surface area contributed by atoms with Gasteiger partial charge in [0, 0.05) is 18.4 Å². The Kier molecular flexibility index (Phi) is 4.90. The molecular formula is C16H19N3O2. The van der Waals surface area contributed by atoms with Gasteiger partial charge in [-0.25, -0.2) is 0 Å². The number of aryl methyl sites for hydroxylation is 1. The van der Waals surface area contributed by atoms with Gasteiger partial charge in [-0.1, -0.05) is 12.1 Å². The van der Waals surface area contributed by atoms with Crippen molar-refractivity contribution in [3.05, 3.63) is 53.9 Å². The molecule has 21 heavy (non-hydrogen) atoms. The number of aromatic nitrogens is 1. The van der Waals surface area contributed by atoms with Crippen molar-refractivity contribution in [2.75, 3.05) is 5.32 Å². The predicted octanol–water partition coefficient (Wildman–Crippen LogP) is 2.25. The van der Waals surface area contributed by atoms with Crippen LogP contribution in [0.15, 0.2) is 42.6 Å². The summed E-state index contributed by atoms with van der Waals surface area (Å²) in [7, 11) is 0. The monoisotopic (exact) mass is 285 g/mol. The lowest BCUT2D eigenvalue weighted by molar-refractivity contribution is -0.122. The minimum absolute atomic E-state index is 0.209. The molecule has 1 heterocycles. The van der Waals surface area contributed by atoms with E-state index >= 15 is 0 Å². The number of carbonyl (C=O) groups excluding carboxylic acids is 1. The van der Waals surface area contributed by atoms with E-state index in [-0.39, 0.29) is 5.91 Å². The molecular weight excluding hydrogens is 266 g/mol. The Morgan fingerprint density at radius 3 is 2.67 bits per heavy atom. The number of nitrogens with two attached hydrogens (primary N) is 1. The molecule has 5 heteroatoms. The van der Waals surface area contributed by atoms with Crippen LogP contribution in [0.25, 0.3) is 0 Å². The van der Waals surface area contributed by atoms with Crippen LogP contribution >= 0.6 is 0 Å². The quantitative estimate of drug-likeness (QED) is 0.883. The second kappa shape index (κ2) is 6.85. The van der Waals surface area contributed by atoms with Crippen molar-refractivity contribution in [1.82, 2.24) is 4.98 Å². The van der Waals surface area contributed by atoms with Crippen molar-refractivity contribution >= 4 is 11.6 Å². The van der Waals surface area contributed by atoms with Gasteiger partial charge in [0.2, 0.25) is 0 Å². The summed E-state index contributed by atoms with van der Waals surface area (Å²) < 4.78 is 5.63. The van der Waals surface area contributed by atoms with Gasteiger partial charge in [-0.05, 0) is 43.7 Å². The highest BCUT2D eigenvalue weighted by molar-refractivity contribution is 5.94. The number of anilines is 1. The molecule has 0 bridgehead atoms. The van der Waals surface area contributed by atoms with Crippen LogP contribution in [0.4, 0.5) is 5.69 Å². The van der Waals surface area contributed by atoms with E-state index in [1.165, 1.54) is 0 Å². The Morgan fingerprint density at radius 2 is 2.05 bits per heavy atom. The molecule has 2 rings (SSSR count). The Morgan fingerprint density at radius 1 is 1.33 bits per heavy atom. The van der Waals surface area contributed by atoms with Gasteiger partial charge in [-0.15, -0.1) is 0 Å². The standard InChI is InChI=1S/C16H19N3O2/c1-11-15(4-3-9-18-11)21-12(2)16(20)19-14-7-5-13(10-17)6-8-14/h3-9,12H,10,17H2,1-2H3,(H,19,20). The Labute approximate surface area is 124 Å². The first-order valence-electron chi connectivity index (χ1n) is 6.78. The normalized spacial score (nSPS) is 11.8. The van der Waals surface area contributed by atoms with Crippen LogP contribution in [0.1, 0.15) is 18.2 Å². The molecule has 2 aromatic rings. The zero-order chi connectivity index (χ0) is 15.2. The summed E-state index contributed by atoms with van der Waals surface area (Å²) in [6.07, 6.45) is 1.08. The lowest BCUT2D eigenvalue weighted by Gasteiger charge is -2.15. The lowest BCUT2D eigenvalue weighted by atomic mass is 10.2. The van der Waals surface area contributed by atoms with Crippen LogP contribution in [0.3, 0.4) is 0 Å². The number of ether oxygens (including phenoxy) is 1. The molecule has 0 aliphatic heterocycles. The first kappa shape index (κ1) is 15.0. The summed E-state index contributed by atoms with van der Waals surface area (Å²) in [5.41, 5.74) is 8.03.